The minimum absolute atomic E-state index is 0.0584. The summed E-state index contributed by atoms with van der Waals surface area (Å²) >= 11 is 0. The second-order valence-electron chi connectivity index (χ2n) is 4.69. The first-order valence-corrected chi connectivity index (χ1v) is 6.64. The number of nitrogens with zero attached hydrogens (tertiary/aromatic N) is 1. The van der Waals surface area contributed by atoms with Crippen molar-refractivity contribution in [1.82, 2.24) is 5.32 Å². The van der Waals surface area contributed by atoms with Crippen molar-refractivity contribution in [2.24, 2.45) is 0 Å². The van der Waals surface area contributed by atoms with E-state index in [0.29, 0.717) is 5.69 Å². The van der Waals surface area contributed by atoms with Crippen molar-refractivity contribution < 1.29 is 27.8 Å². The first kappa shape index (κ1) is 16.7. The molecule has 1 saturated heterocycles. The number of amides is 2. The normalized spacial score (nSPS) is 17.1. The van der Waals surface area contributed by atoms with Gasteiger partial charge in [0.2, 0.25) is 5.43 Å². The van der Waals surface area contributed by atoms with Crippen LogP contribution in [-0.4, -0.2) is 44.7 Å². The molecule has 0 spiro atoms. The van der Waals surface area contributed by atoms with Gasteiger partial charge in [0.25, 0.3) is 5.91 Å². The van der Waals surface area contributed by atoms with Crippen LogP contribution in [0.2, 0.25) is 0 Å². The van der Waals surface area contributed by atoms with Crippen LogP contribution >= 0.6 is 0 Å². The second-order valence-corrected chi connectivity index (χ2v) is 4.69. The van der Waals surface area contributed by atoms with E-state index in [4.69, 9.17) is 9.47 Å². The summed E-state index contributed by atoms with van der Waals surface area (Å²) in [5.41, 5.74) is 0.0325. The maximum atomic E-state index is 12.1. The molecule has 1 heterocycles. The first-order valence-electron chi connectivity index (χ1n) is 6.64. The van der Waals surface area contributed by atoms with Gasteiger partial charge in [-0.3, -0.25) is 14.5 Å². The van der Waals surface area contributed by atoms with Gasteiger partial charge in [-0.15, -0.1) is 0 Å². The van der Waals surface area contributed by atoms with Crippen LogP contribution in [0.15, 0.2) is 29.1 Å². The molecule has 23 heavy (non-hydrogen) atoms. The van der Waals surface area contributed by atoms with Crippen LogP contribution in [0.3, 0.4) is 0 Å². The molecule has 2 rings (SSSR count). The molecule has 9 heteroatoms. The number of nitrogens with one attached hydrogen (secondary N) is 1. The summed E-state index contributed by atoms with van der Waals surface area (Å²) < 4.78 is 34.1. The largest absolute Gasteiger partial charge is 0.493 e. The minimum atomic E-state index is -3.13. The Labute approximate surface area is 129 Å². The van der Waals surface area contributed by atoms with Crippen LogP contribution in [-0.2, 0) is 9.53 Å². The molecule has 1 aromatic rings. The standard InChI is InChI=1S/C14H14F2N2O5/c1-22-11-5-3-8(2-4-10(11)19)18-7-9(23-14(18)21)6-17-13(20)12(15)16/h2-5,9,12H,6-7H2,1H3,(H,17,20)/t9-/m0/s1. The zero-order chi connectivity index (χ0) is 17.0. The fraction of sp³-hybridized carbons (Fsp3) is 0.357. The van der Waals surface area contributed by atoms with Crippen molar-refractivity contribution in [2.45, 2.75) is 12.5 Å². The van der Waals surface area contributed by atoms with Gasteiger partial charge >= 0.3 is 12.5 Å². The minimum Gasteiger partial charge on any atom is -0.493 e. The Morgan fingerprint density at radius 2 is 2.09 bits per heavy atom. The van der Waals surface area contributed by atoms with Gasteiger partial charge in [0.1, 0.15) is 6.10 Å². The average molecular weight is 328 g/mol. The molecule has 0 aliphatic carbocycles. The fourth-order valence-corrected chi connectivity index (χ4v) is 2.02. The lowest BCUT2D eigenvalue weighted by atomic mass is 10.3. The molecule has 2 amide bonds. The number of carbonyl (C=O) groups excluding carboxylic acids is 2. The van der Waals surface area contributed by atoms with Gasteiger partial charge in [-0.05, 0) is 24.3 Å². The third-order valence-electron chi connectivity index (χ3n) is 3.16. The smallest absolute Gasteiger partial charge is 0.414 e. The number of rotatable bonds is 5. The first-order chi connectivity index (χ1) is 10.9. The van der Waals surface area contributed by atoms with Gasteiger partial charge in [0.05, 0.1) is 20.2 Å². The molecule has 1 aliphatic rings. The van der Waals surface area contributed by atoms with Gasteiger partial charge in [-0.1, -0.05) is 0 Å². The van der Waals surface area contributed by atoms with E-state index in [1.165, 1.54) is 36.3 Å². The average Bonchev–Trinajstić information content (AvgIpc) is 2.78. The van der Waals surface area contributed by atoms with Gasteiger partial charge in [-0.25, -0.2) is 4.79 Å². The number of halogens is 2. The van der Waals surface area contributed by atoms with E-state index in [1.54, 1.807) is 0 Å². The molecule has 0 unspecified atom stereocenters. The highest BCUT2D eigenvalue weighted by molar-refractivity contribution is 5.89. The lowest BCUT2D eigenvalue weighted by Gasteiger charge is -2.11. The predicted molar refractivity (Wildman–Crippen MR) is 75.9 cm³/mol. The summed E-state index contributed by atoms with van der Waals surface area (Å²) in [4.78, 5) is 35.5. The summed E-state index contributed by atoms with van der Waals surface area (Å²) in [5, 5.41) is 1.99. The number of alkyl halides is 2. The van der Waals surface area contributed by atoms with Gasteiger partial charge < -0.3 is 14.8 Å². The van der Waals surface area contributed by atoms with Crippen LogP contribution in [0.4, 0.5) is 19.3 Å². The number of ether oxygens (including phenoxy) is 2. The highest BCUT2D eigenvalue weighted by atomic mass is 19.3. The lowest BCUT2D eigenvalue weighted by molar-refractivity contribution is -0.132. The zero-order valence-corrected chi connectivity index (χ0v) is 12.1. The second kappa shape index (κ2) is 7.03. The molecule has 1 atom stereocenters. The summed E-state index contributed by atoms with van der Waals surface area (Å²) in [5.74, 6) is -1.31. The molecule has 7 nitrogen and oxygen atoms in total. The van der Waals surface area contributed by atoms with Crippen LogP contribution in [0, 0.1) is 0 Å². The summed E-state index contributed by atoms with van der Waals surface area (Å²) in [7, 11) is 1.35. The van der Waals surface area contributed by atoms with Crippen molar-refractivity contribution in [3.8, 4) is 5.75 Å². The Morgan fingerprint density at radius 1 is 1.39 bits per heavy atom. The Morgan fingerprint density at radius 3 is 2.74 bits per heavy atom. The molecule has 0 radical (unpaired) electrons. The Hall–Kier alpha value is -2.71. The number of hydrogen-bond donors (Lipinski definition) is 1. The number of methoxy groups -OCH3 is 1. The van der Waals surface area contributed by atoms with E-state index < -0.39 is 24.5 Å². The van der Waals surface area contributed by atoms with Crippen molar-refractivity contribution in [2.75, 3.05) is 25.1 Å². The van der Waals surface area contributed by atoms with Crippen LogP contribution < -0.4 is 20.4 Å². The van der Waals surface area contributed by atoms with Gasteiger partial charge in [0, 0.05) is 5.69 Å². The number of hydrogen-bond acceptors (Lipinski definition) is 5. The Balaban J connectivity index is 2.07. The topological polar surface area (TPSA) is 84.9 Å². The lowest BCUT2D eigenvalue weighted by Crippen LogP contribution is -2.37. The summed E-state index contributed by atoms with van der Waals surface area (Å²) in [6.45, 7) is -0.163. The van der Waals surface area contributed by atoms with E-state index in [9.17, 15) is 23.2 Å². The molecule has 0 saturated carbocycles. The fourth-order valence-electron chi connectivity index (χ4n) is 2.02. The van der Waals surface area contributed by atoms with Crippen molar-refractivity contribution in [1.29, 1.82) is 0 Å². The molecule has 1 fully saturated rings. The maximum absolute atomic E-state index is 12.1. The van der Waals surface area contributed by atoms with Crippen molar-refractivity contribution >= 4 is 17.7 Å². The molecule has 0 aromatic heterocycles. The van der Waals surface area contributed by atoms with Crippen LogP contribution in [0.25, 0.3) is 0 Å². The molecular weight excluding hydrogens is 314 g/mol. The third kappa shape index (κ3) is 3.93. The zero-order valence-electron chi connectivity index (χ0n) is 12.1. The highest BCUT2D eigenvalue weighted by Gasteiger charge is 2.32. The van der Waals surface area contributed by atoms with E-state index in [1.807, 2.05) is 5.32 Å². The van der Waals surface area contributed by atoms with Crippen LogP contribution in [0.1, 0.15) is 0 Å². The number of cyclic esters (lactones) is 1. The molecule has 1 N–H and O–H groups in total. The number of anilines is 1. The Bertz CT molecular complexity index is 668. The third-order valence-corrected chi connectivity index (χ3v) is 3.16. The molecule has 1 aromatic carbocycles. The van der Waals surface area contributed by atoms with E-state index in [-0.39, 0.29) is 24.3 Å². The van der Waals surface area contributed by atoms with Crippen molar-refractivity contribution in [3.05, 3.63) is 34.5 Å². The van der Waals surface area contributed by atoms with Crippen LogP contribution in [0.5, 0.6) is 5.75 Å². The molecular formula is C14H14F2N2O5. The van der Waals surface area contributed by atoms with E-state index in [2.05, 4.69) is 0 Å². The summed E-state index contributed by atoms with van der Waals surface area (Å²) in [6, 6.07) is 5.58. The van der Waals surface area contributed by atoms with Crippen molar-refractivity contribution in [3.63, 3.8) is 0 Å². The molecule has 124 valence electrons. The molecule has 1 aliphatic heterocycles. The quantitative estimate of drug-likeness (QED) is 0.863. The van der Waals surface area contributed by atoms with Gasteiger partial charge in [-0.2, -0.15) is 8.78 Å². The SMILES string of the molecule is COc1ccc(N2C[C@H](CNC(=O)C(F)F)OC2=O)ccc1=O. The maximum Gasteiger partial charge on any atom is 0.414 e. The van der Waals surface area contributed by atoms with E-state index in [0.717, 1.165) is 0 Å². The summed E-state index contributed by atoms with van der Waals surface area (Å²) in [6.07, 6.45) is -4.58. The number of carbonyl (C=O) groups is 2. The Kier molecular flexibility index (Phi) is 5.09. The van der Waals surface area contributed by atoms with E-state index >= 15 is 0 Å². The molecule has 0 bridgehead atoms. The highest BCUT2D eigenvalue weighted by Crippen LogP contribution is 2.21. The predicted octanol–water partition coefficient (Wildman–Crippen LogP) is 0.762. The monoisotopic (exact) mass is 328 g/mol. The van der Waals surface area contributed by atoms with Gasteiger partial charge in [0.15, 0.2) is 5.75 Å².